The van der Waals surface area contributed by atoms with Gasteiger partial charge in [-0.1, -0.05) is 182 Å². The smallest absolute Gasteiger partial charge is 0.0143 e. The Morgan fingerprint density at radius 3 is 1.51 bits per heavy atom. The summed E-state index contributed by atoms with van der Waals surface area (Å²) in [6.07, 6.45) is 7.11. The van der Waals surface area contributed by atoms with E-state index in [1.54, 1.807) is 5.56 Å². The first-order chi connectivity index (χ1) is 22.8. The second-order valence-corrected chi connectivity index (χ2v) is 14.2. The van der Waals surface area contributed by atoms with E-state index in [2.05, 4.69) is 169 Å². The van der Waals surface area contributed by atoms with E-state index >= 15 is 0 Å². The Kier molecular flexibility index (Phi) is 12.1. The molecule has 1 aliphatic rings. The molecule has 0 bridgehead atoms. The predicted octanol–water partition coefficient (Wildman–Crippen LogP) is 14.5. The van der Waals surface area contributed by atoms with Gasteiger partial charge in [0.25, 0.3) is 0 Å². The van der Waals surface area contributed by atoms with Gasteiger partial charge in [-0.05, 0) is 104 Å². The quantitative estimate of drug-likeness (QED) is 0.169. The van der Waals surface area contributed by atoms with Crippen molar-refractivity contribution in [2.45, 2.75) is 97.3 Å². The molecule has 0 aliphatic heterocycles. The Labute approximate surface area is 284 Å². The molecule has 1 fully saturated rings. The SMILES string of the molecule is CC(C)c1ccc(-c2ccccc2)cc1.CC(C)c1ccc(C2CCCCC2)cc1.CC(C)c1cccc2cc3ccccc3cc12. The molecular weight excluding hydrogens is 565 g/mol. The lowest BCUT2D eigenvalue weighted by molar-refractivity contribution is 0.443. The fourth-order valence-corrected chi connectivity index (χ4v) is 6.77. The summed E-state index contributed by atoms with van der Waals surface area (Å²) in [5.41, 5.74) is 8.45. The summed E-state index contributed by atoms with van der Waals surface area (Å²) < 4.78 is 0. The average molecular weight is 619 g/mol. The molecule has 6 aromatic carbocycles. The zero-order chi connectivity index (χ0) is 33.2. The zero-order valence-electron chi connectivity index (χ0n) is 29.5. The van der Waals surface area contributed by atoms with Crippen LogP contribution in [0.15, 0.2) is 133 Å². The second-order valence-electron chi connectivity index (χ2n) is 14.2. The molecule has 0 aromatic heterocycles. The van der Waals surface area contributed by atoms with Gasteiger partial charge >= 0.3 is 0 Å². The maximum Gasteiger partial charge on any atom is -0.0143 e. The highest BCUT2D eigenvalue weighted by molar-refractivity contribution is 5.99. The van der Waals surface area contributed by atoms with Crippen molar-refractivity contribution in [1.29, 1.82) is 0 Å². The molecule has 1 aliphatic carbocycles. The number of hydrogen-bond acceptors (Lipinski definition) is 0. The minimum Gasteiger partial charge on any atom is -0.0622 e. The van der Waals surface area contributed by atoms with Gasteiger partial charge in [-0.15, -0.1) is 0 Å². The molecule has 242 valence electrons. The molecule has 0 nitrogen and oxygen atoms in total. The molecule has 0 spiro atoms. The lowest BCUT2D eigenvalue weighted by Gasteiger charge is -2.22. The van der Waals surface area contributed by atoms with E-state index < -0.39 is 0 Å². The summed E-state index contributed by atoms with van der Waals surface area (Å²) in [4.78, 5) is 0. The molecule has 0 unspecified atom stereocenters. The lowest BCUT2D eigenvalue weighted by atomic mass is 9.83. The topological polar surface area (TPSA) is 0 Å². The van der Waals surface area contributed by atoms with Crippen LogP contribution in [-0.2, 0) is 0 Å². The van der Waals surface area contributed by atoms with Crippen LogP contribution in [-0.4, -0.2) is 0 Å². The van der Waals surface area contributed by atoms with Crippen molar-refractivity contribution in [2.75, 3.05) is 0 Å². The molecule has 0 heteroatoms. The number of fused-ring (bicyclic) bond motifs is 2. The fourth-order valence-electron chi connectivity index (χ4n) is 6.77. The van der Waals surface area contributed by atoms with Crippen LogP contribution in [0, 0.1) is 0 Å². The maximum atomic E-state index is 2.35. The molecule has 47 heavy (non-hydrogen) atoms. The monoisotopic (exact) mass is 618 g/mol. The van der Waals surface area contributed by atoms with Gasteiger partial charge in [0.05, 0.1) is 0 Å². The summed E-state index contributed by atoms with van der Waals surface area (Å²) >= 11 is 0. The van der Waals surface area contributed by atoms with Crippen LogP contribution in [0.3, 0.4) is 0 Å². The normalized spacial score (nSPS) is 13.4. The third-order valence-corrected chi connectivity index (χ3v) is 9.77. The predicted molar refractivity (Wildman–Crippen MR) is 208 cm³/mol. The minimum absolute atomic E-state index is 0.569. The third-order valence-electron chi connectivity index (χ3n) is 9.77. The highest BCUT2D eigenvalue weighted by Gasteiger charge is 2.15. The number of hydrogen-bond donors (Lipinski definition) is 0. The molecular formula is C47H54. The van der Waals surface area contributed by atoms with Crippen molar-refractivity contribution >= 4 is 21.5 Å². The first-order valence-corrected chi connectivity index (χ1v) is 18.0. The third kappa shape index (κ3) is 9.23. The zero-order valence-corrected chi connectivity index (χ0v) is 29.5. The van der Waals surface area contributed by atoms with Crippen molar-refractivity contribution in [3.05, 3.63) is 156 Å². The molecule has 0 amide bonds. The summed E-state index contributed by atoms with van der Waals surface area (Å²) in [6, 6.07) is 48.4. The highest BCUT2D eigenvalue weighted by atomic mass is 14.2. The van der Waals surface area contributed by atoms with E-state index in [0.717, 1.165) is 5.92 Å². The maximum absolute atomic E-state index is 2.35. The van der Waals surface area contributed by atoms with Gasteiger partial charge in [-0.3, -0.25) is 0 Å². The Bertz CT molecular complexity index is 1800. The van der Waals surface area contributed by atoms with E-state index in [9.17, 15) is 0 Å². The fraction of sp³-hybridized carbons (Fsp3) is 0.319. The van der Waals surface area contributed by atoms with Crippen LogP contribution in [0.4, 0.5) is 0 Å². The van der Waals surface area contributed by atoms with Crippen LogP contribution in [0.1, 0.15) is 120 Å². The Morgan fingerprint density at radius 2 is 0.936 bits per heavy atom. The molecule has 1 saturated carbocycles. The molecule has 0 atom stereocenters. The number of rotatable bonds is 5. The van der Waals surface area contributed by atoms with E-state index in [0.29, 0.717) is 17.8 Å². The Morgan fingerprint density at radius 1 is 0.426 bits per heavy atom. The molecule has 0 saturated heterocycles. The summed E-state index contributed by atoms with van der Waals surface area (Å²) in [6.45, 7) is 13.5. The van der Waals surface area contributed by atoms with E-state index in [4.69, 9.17) is 0 Å². The van der Waals surface area contributed by atoms with Crippen molar-refractivity contribution in [1.82, 2.24) is 0 Å². The molecule has 6 aromatic rings. The Balaban J connectivity index is 0.000000139. The van der Waals surface area contributed by atoms with E-state index in [-0.39, 0.29) is 0 Å². The van der Waals surface area contributed by atoms with Crippen molar-refractivity contribution in [3.8, 4) is 11.1 Å². The largest absolute Gasteiger partial charge is 0.0622 e. The molecule has 0 radical (unpaired) electrons. The van der Waals surface area contributed by atoms with Gasteiger partial charge in [0, 0.05) is 0 Å². The first kappa shape index (κ1) is 34.2. The van der Waals surface area contributed by atoms with Crippen LogP contribution < -0.4 is 0 Å². The molecule has 7 rings (SSSR count). The van der Waals surface area contributed by atoms with Crippen LogP contribution >= 0.6 is 0 Å². The van der Waals surface area contributed by atoms with Gasteiger partial charge in [0.2, 0.25) is 0 Å². The second kappa shape index (κ2) is 16.6. The first-order valence-electron chi connectivity index (χ1n) is 18.0. The summed E-state index contributed by atoms with van der Waals surface area (Å²) in [5, 5.41) is 5.38. The lowest BCUT2D eigenvalue weighted by Crippen LogP contribution is -2.04. The average Bonchev–Trinajstić information content (AvgIpc) is 3.12. The standard InChI is InChI=1S/C17H16.C15H22.C15H16/c1-12(2)16-9-5-8-15-10-13-6-3-4-7-14(13)11-17(15)16;2*1-12(2)13-8-10-15(11-9-13)14-6-4-3-5-7-14/h3-12H,1-2H3;8-12,14H,3-7H2,1-2H3;3-12H,1-2H3. The molecule has 0 heterocycles. The molecule has 0 N–H and O–H groups in total. The van der Waals surface area contributed by atoms with Gasteiger partial charge in [0.1, 0.15) is 0 Å². The van der Waals surface area contributed by atoms with Crippen LogP contribution in [0.2, 0.25) is 0 Å². The van der Waals surface area contributed by atoms with Gasteiger partial charge in [-0.2, -0.15) is 0 Å². The van der Waals surface area contributed by atoms with Gasteiger partial charge < -0.3 is 0 Å². The summed E-state index contributed by atoms with van der Waals surface area (Å²) in [7, 11) is 0. The Hall–Kier alpha value is -4.16. The minimum atomic E-state index is 0.569. The van der Waals surface area contributed by atoms with Crippen LogP contribution in [0.5, 0.6) is 0 Å². The highest BCUT2D eigenvalue weighted by Crippen LogP contribution is 2.33. The van der Waals surface area contributed by atoms with Gasteiger partial charge in [0.15, 0.2) is 0 Å². The van der Waals surface area contributed by atoms with Crippen molar-refractivity contribution in [2.24, 2.45) is 0 Å². The van der Waals surface area contributed by atoms with E-state index in [1.807, 2.05) is 6.07 Å². The van der Waals surface area contributed by atoms with E-state index in [1.165, 1.54) is 81.5 Å². The van der Waals surface area contributed by atoms with Crippen molar-refractivity contribution < 1.29 is 0 Å². The number of benzene rings is 6. The van der Waals surface area contributed by atoms with Crippen LogP contribution in [0.25, 0.3) is 32.7 Å². The van der Waals surface area contributed by atoms with Crippen molar-refractivity contribution in [3.63, 3.8) is 0 Å². The summed E-state index contributed by atoms with van der Waals surface area (Å²) in [5.74, 6) is 2.68. The van der Waals surface area contributed by atoms with Gasteiger partial charge in [-0.25, -0.2) is 0 Å².